The van der Waals surface area contributed by atoms with Gasteiger partial charge < -0.3 is 4.90 Å². The van der Waals surface area contributed by atoms with E-state index < -0.39 is 0 Å². The lowest BCUT2D eigenvalue weighted by Gasteiger charge is -2.35. The maximum absolute atomic E-state index is 12.5. The molecule has 2 aromatic heterocycles. The number of thioether (sulfide) groups is 1. The number of carbonyl (C=O) groups is 1. The molecule has 6 nitrogen and oxygen atoms in total. The molecule has 0 bridgehead atoms. The summed E-state index contributed by atoms with van der Waals surface area (Å²) in [5, 5.41) is 5.06. The van der Waals surface area contributed by atoms with E-state index in [4.69, 9.17) is 0 Å². The van der Waals surface area contributed by atoms with Crippen molar-refractivity contribution in [3.05, 3.63) is 17.5 Å². The Balaban J connectivity index is 1.68. The molecule has 3 rings (SSSR count). The normalized spacial score (nSPS) is 18.6. The van der Waals surface area contributed by atoms with Crippen LogP contribution in [0.15, 0.2) is 11.2 Å². The van der Waals surface area contributed by atoms with Crippen LogP contribution >= 0.6 is 11.8 Å². The number of aromatic nitrogens is 4. The number of aryl methyl sites for hydroxylation is 2. The maximum atomic E-state index is 12.5. The van der Waals surface area contributed by atoms with Gasteiger partial charge in [0.25, 0.3) is 5.78 Å². The highest BCUT2D eigenvalue weighted by molar-refractivity contribution is 7.99. The van der Waals surface area contributed by atoms with Gasteiger partial charge in [-0.15, -0.1) is 5.10 Å². The van der Waals surface area contributed by atoms with E-state index in [1.54, 1.807) is 4.52 Å². The first-order chi connectivity index (χ1) is 11.1. The summed E-state index contributed by atoms with van der Waals surface area (Å²) in [4.78, 5) is 23.3. The van der Waals surface area contributed by atoms with Gasteiger partial charge in [-0.2, -0.15) is 4.98 Å². The van der Waals surface area contributed by atoms with E-state index in [1.807, 2.05) is 24.8 Å². The van der Waals surface area contributed by atoms with E-state index in [9.17, 15) is 4.79 Å². The van der Waals surface area contributed by atoms with Crippen LogP contribution in [0.25, 0.3) is 5.78 Å². The third-order valence-corrected chi connectivity index (χ3v) is 5.16. The van der Waals surface area contributed by atoms with Crippen LogP contribution in [0, 0.1) is 13.8 Å². The van der Waals surface area contributed by atoms with Crippen molar-refractivity contribution in [3.63, 3.8) is 0 Å². The van der Waals surface area contributed by atoms with Gasteiger partial charge in [0.15, 0.2) is 0 Å². The Bertz CT molecular complexity index is 714. The Morgan fingerprint density at radius 2 is 2.17 bits per heavy atom. The maximum Gasteiger partial charge on any atom is 0.253 e. The van der Waals surface area contributed by atoms with Gasteiger partial charge in [-0.3, -0.25) is 4.79 Å². The van der Waals surface area contributed by atoms with E-state index in [0.29, 0.717) is 22.7 Å². The second-order valence-electron chi connectivity index (χ2n) is 6.08. The first-order valence-corrected chi connectivity index (χ1v) is 9.20. The van der Waals surface area contributed by atoms with Crippen LogP contribution in [0.3, 0.4) is 0 Å². The fraction of sp³-hybridized carbons (Fsp3) is 0.625. The van der Waals surface area contributed by atoms with Crippen molar-refractivity contribution in [3.8, 4) is 0 Å². The first-order valence-electron chi connectivity index (χ1n) is 8.21. The summed E-state index contributed by atoms with van der Waals surface area (Å²) in [6.07, 6.45) is 4.50. The second kappa shape index (κ2) is 6.86. The van der Waals surface area contributed by atoms with Crippen LogP contribution in [0.1, 0.15) is 44.0 Å². The summed E-state index contributed by atoms with van der Waals surface area (Å²) in [7, 11) is 0. The van der Waals surface area contributed by atoms with Gasteiger partial charge in [0, 0.05) is 24.0 Å². The van der Waals surface area contributed by atoms with Gasteiger partial charge >= 0.3 is 0 Å². The van der Waals surface area contributed by atoms with E-state index in [-0.39, 0.29) is 5.91 Å². The Morgan fingerprint density at radius 1 is 1.35 bits per heavy atom. The van der Waals surface area contributed by atoms with Crippen molar-refractivity contribution in [2.24, 2.45) is 0 Å². The third-order valence-electron chi connectivity index (χ3n) is 4.34. The van der Waals surface area contributed by atoms with Crippen molar-refractivity contribution in [1.82, 2.24) is 24.5 Å². The number of piperidine rings is 1. The summed E-state index contributed by atoms with van der Waals surface area (Å²) >= 11 is 1.40. The molecule has 1 aliphatic heterocycles. The molecule has 0 spiro atoms. The molecular weight excluding hydrogens is 310 g/mol. The van der Waals surface area contributed by atoms with E-state index in [1.165, 1.54) is 18.2 Å². The molecule has 0 aromatic carbocycles. The fourth-order valence-corrected chi connectivity index (χ4v) is 3.88. The first kappa shape index (κ1) is 16.2. The van der Waals surface area contributed by atoms with Gasteiger partial charge in [0.2, 0.25) is 11.1 Å². The predicted octanol–water partition coefficient (Wildman–Crippen LogP) is 2.62. The zero-order chi connectivity index (χ0) is 16.4. The minimum atomic E-state index is 0.196. The van der Waals surface area contributed by atoms with Gasteiger partial charge in [0.05, 0.1) is 5.75 Å². The second-order valence-corrected chi connectivity index (χ2v) is 7.02. The number of likely N-dealkylation sites (tertiary alicyclic amines) is 1. The van der Waals surface area contributed by atoms with Crippen LogP contribution in [-0.4, -0.2) is 48.7 Å². The van der Waals surface area contributed by atoms with Gasteiger partial charge in [-0.1, -0.05) is 18.7 Å². The molecule has 23 heavy (non-hydrogen) atoms. The molecule has 1 unspecified atom stereocenters. The molecule has 124 valence electrons. The average molecular weight is 333 g/mol. The van der Waals surface area contributed by atoms with Crippen molar-refractivity contribution in [1.29, 1.82) is 0 Å². The number of rotatable bonds is 4. The topological polar surface area (TPSA) is 63.4 Å². The van der Waals surface area contributed by atoms with Crippen molar-refractivity contribution < 1.29 is 4.79 Å². The minimum Gasteiger partial charge on any atom is -0.339 e. The highest BCUT2D eigenvalue weighted by Crippen LogP contribution is 2.22. The highest BCUT2D eigenvalue weighted by atomic mass is 32.2. The summed E-state index contributed by atoms with van der Waals surface area (Å²) in [5.74, 6) is 1.19. The van der Waals surface area contributed by atoms with Crippen molar-refractivity contribution >= 4 is 23.4 Å². The molecule has 7 heteroatoms. The standard InChI is InChI=1S/C16H23N5OS/c1-4-13-7-5-6-8-20(13)14(22)10-23-16-18-15-17-11(2)9-12(3)21(15)19-16/h9,13H,4-8,10H2,1-3H3. The number of hydrogen-bond donors (Lipinski definition) is 0. The van der Waals surface area contributed by atoms with E-state index >= 15 is 0 Å². The summed E-state index contributed by atoms with van der Waals surface area (Å²) in [6.45, 7) is 6.97. The molecule has 1 fully saturated rings. The largest absolute Gasteiger partial charge is 0.339 e. The molecule has 0 aliphatic carbocycles. The van der Waals surface area contributed by atoms with Gasteiger partial charge in [-0.25, -0.2) is 9.50 Å². The summed E-state index contributed by atoms with van der Waals surface area (Å²) in [6, 6.07) is 2.37. The van der Waals surface area contributed by atoms with Crippen LogP contribution in [-0.2, 0) is 4.79 Å². The lowest BCUT2D eigenvalue weighted by Crippen LogP contribution is -2.44. The molecule has 0 saturated carbocycles. The number of hydrogen-bond acceptors (Lipinski definition) is 5. The predicted molar refractivity (Wildman–Crippen MR) is 90.6 cm³/mol. The molecule has 1 atom stereocenters. The van der Waals surface area contributed by atoms with E-state index in [0.717, 1.165) is 37.2 Å². The minimum absolute atomic E-state index is 0.196. The quantitative estimate of drug-likeness (QED) is 0.805. The molecule has 1 saturated heterocycles. The van der Waals surface area contributed by atoms with Gasteiger partial charge in [-0.05, 0) is 45.6 Å². The number of fused-ring (bicyclic) bond motifs is 1. The molecule has 0 N–H and O–H groups in total. The summed E-state index contributed by atoms with van der Waals surface area (Å²) < 4.78 is 1.73. The van der Waals surface area contributed by atoms with Crippen LogP contribution in [0.4, 0.5) is 0 Å². The zero-order valence-electron chi connectivity index (χ0n) is 13.9. The Morgan fingerprint density at radius 3 is 2.96 bits per heavy atom. The SMILES string of the molecule is CCC1CCCCN1C(=O)CSc1nc2nc(C)cc(C)n2n1. The lowest BCUT2D eigenvalue weighted by atomic mass is 10.0. The Labute approximate surface area is 140 Å². The Kier molecular flexibility index (Phi) is 4.84. The number of amides is 1. The molecule has 2 aromatic rings. The lowest BCUT2D eigenvalue weighted by molar-refractivity contribution is -0.132. The van der Waals surface area contributed by atoms with Crippen molar-refractivity contribution in [2.45, 2.75) is 57.7 Å². The number of nitrogens with zero attached hydrogens (tertiary/aromatic N) is 5. The monoisotopic (exact) mass is 333 g/mol. The molecule has 1 amide bonds. The van der Waals surface area contributed by atoms with Crippen molar-refractivity contribution in [2.75, 3.05) is 12.3 Å². The molecular formula is C16H23N5OS. The van der Waals surface area contributed by atoms with Crippen LogP contribution < -0.4 is 0 Å². The van der Waals surface area contributed by atoms with E-state index in [2.05, 4.69) is 22.0 Å². The molecule has 3 heterocycles. The Hall–Kier alpha value is -1.63. The van der Waals surface area contributed by atoms with Gasteiger partial charge in [0.1, 0.15) is 0 Å². The fourth-order valence-electron chi connectivity index (χ4n) is 3.17. The average Bonchev–Trinajstić information content (AvgIpc) is 2.95. The zero-order valence-corrected chi connectivity index (χ0v) is 14.8. The third kappa shape index (κ3) is 3.49. The molecule has 0 radical (unpaired) electrons. The highest BCUT2D eigenvalue weighted by Gasteiger charge is 2.25. The van der Waals surface area contributed by atoms with Crippen LogP contribution in [0.5, 0.6) is 0 Å². The number of carbonyl (C=O) groups excluding carboxylic acids is 1. The smallest absolute Gasteiger partial charge is 0.253 e. The molecule has 1 aliphatic rings. The van der Waals surface area contributed by atoms with Crippen LogP contribution in [0.2, 0.25) is 0 Å². The summed E-state index contributed by atoms with van der Waals surface area (Å²) in [5.41, 5.74) is 1.93.